The molecule has 0 saturated heterocycles. The average molecular weight is 340 g/mol. The Morgan fingerprint density at radius 3 is 2.43 bits per heavy atom. The van der Waals surface area contributed by atoms with Gasteiger partial charge < -0.3 is 5.32 Å². The predicted molar refractivity (Wildman–Crippen MR) is 89.3 cm³/mol. The molecule has 0 aromatic heterocycles. The second-order valence-electron chi connectivity index (χ2n) is 4.58. The Hall–Kier alpha value is -1.40. The Balaban J connectivity index is 2.29. The van der Waals surface area contributed by atoms with Gasteiger partial charge in [-0.1, -0.05) is 47.8 Å². The van der Waals surface area contributed by atoms with Gasteiger partial charge >= 0.3 is 0 Å². The summed E-state index contributed by atoms with van der Waals surface area (Å²) in [5.41, 5.74) is 2.26. The Morgan fingerprint density at radius 1 is 1.10 bits per heavy atom. The van der Waals surface area contributed by atoms with Crippen LogP contribution in [0.1, 0.15) is 30.5 Å². The van der Waals surface area contributed by atoms with E-state index < -0.39 is 0 Å². The minimum atomic E-state index is 0.0141. The fourth-order valence-electron chi connectivity index (χ4n) is 2.07. The van der Waals surface area contributed by atoms with E-state index in [1.54, 1.807) is 24.3 Å². The molecule has 2 rings (SSSR count). The van der Waals surface area contributed by atoms with Gasteiger partial charge in [-0.2, -0.15) is 5.26 Å². The van der Waals surface area contributed by atoms with Gasteiger partial charge in [0.2, 0.25) is 0 Å². The van der Waals surface area contributed by atoms with Crippen molar-refractivity contribution in [2.24, 2.45) is 0 Å². The van der Waals surface area contributed by atoms with Crippen LogP contribution in [0.5, 0.6) is 0 Å². The van der Waals surface area contributed by atoms with Crippen LogP contribution in [0.15, 0.2) is 36.4 Å². The molecule has 0 spiro atoms. The number of nitrogens with one attached hydrogen (secondary N) is 1. The van der Waals surface area contributed by atoms with Gasteiger partial charge in [0, 0.05) is 10.0 Å². The molecule has 0 saturated carbocycles. The third-order valence-electron chi connectivity index (χ3n) is 3.17. The maximum atomic E-state index is 8.86. The van der Waals surface area contributed by atoms with Crippen LogP contribution in [-0.2, 0) is 0 Å². The summed E-state index contributed by atoms with van der Waals surface area (Å²) >= 11 is 18.4. The lowest BCUT2D eigenvalue weighted by Gasteiger charge is -2.21. The summed E-state index contributed by atoms with van der Waals surface area (Å²) in [6.07, 6.45) is 0.831. The average Bonchev–Trinajstić information content (AvgIpc) is 2.47. The van der Waals surface area contributed by atoms with E-state index in [-0.39, 0.29) is 6.04 Å². The van der Waals surface area contributed by atoms with E-state index in [1.807, 2.05) is 12.1 Å². The second-order valence-corrected chi connectivity index (χ2v) is 5.83. The fraction of sp³-hybridized carbons (Fsp3) is 0.188. The summed E-state index contributed by atoms with van der Waals surface area (Å²) in [5.74, 6) is 0. The quantitative estimate of drug-likeness (QED) is 0.732. The summed E-state index contributed by atoms with van der Waals surface area (Å²) in [5, 5.41) is 14.0. The number of nitrogens with zero attached hydrogens (tertiary/aromatic N) is 1. The molecule has 1 unspecified atom stereocenters. The lowest BCUT2D eigenvalue weighted by molar-refractivity contribution is 0.750. The van der Waals surface area contributed by atoms with E-state index in [0.29, 0.717) is 20.6 Å². The van der Waals surface area contributed by atoms with Gasteiger partial charge in [0.25, 0.3) is 0 Å². The first kappa shape index (κ1) is 16.0. The van der Waals surface area contributed by atoms with E-state index in [2.05, 4.69) is 18.3 Å². The molecule has 1 atom stereocenters. The third-order valence-corrected chi connectivity index (χ3v) is 4.05. The SMILES string of the molecule is CCC(Nc1ccc(C#N)cc1Cl)c1ccc(Cl)cc1Cl. The Kier molecular flexibility index (Phi) is 5.36. The first-order valence-corrected chi connectivity index (χ1v) is 7.59. The summed E-state index contributed by atoms with van der Waals surface area (Å²) in [6, 6.07) is 12.7. The largest absolute Gasteiger partial charge is 0.377 e. The molecule has 0 aliphatic carbocycles. The van der Waals surface area contributed by atoms with Crippen LogP contribution in [0.25, 0.3) is 0 Å². The van der Waals surface area contributed by atoms with E-state index in [4.69, 9.17) is 40.1 Å². The molecule has 5 heteroatoms. The van der Waals surface area contributed by atoms with E-state index in [9.17, 15) is 0 Å². The number of hydrogen-bond donors (Lipinski definition) is 1. The van der Waals surface area contributed by atoms with Gasteiger partial charge in [-0.15, -0.1) is 0 Å². The molecule has 0 amide bonds. The van der Waals surface area contributed by atoms with Gasteiger partial charge in [0.1, 0.15) is 0 Å². The molecular weight excluding hydrogens is 327 g/mol. The monoisotopic (exact) mass is 338 g/mol. The lowest BCUT2D eigenvalue weighted by Crippen LogP contribution is -2.10. The van der Waals surface area contributed by atoms with Gasteiger partial charge in [0.05, 0.1) is 28.4 Å². The molecule has 2 aromatic carbocycles. The van der Waals surface area contributed by atoms with Crippen LogP contribution in [0.2, 0.25) is 15.1 Å². The molecule has 0 radical (unpaired) electrons. The molecular formula is C16H13Cl3N2. The number of halogens is 3. The maximum Gasteiger partial charge on any atom is 0.0992 e. The Bertz CT molecular complexity index is 692. The van der Waals surface area contributed by atoms with Gasteiger partial charge in [-0.25, -0.2) is 0 Å². The normalized spacial score (nSPS) is 11.8. The van der Waals surface area contributed by atoms with Crippen molar-refractivity contribution in [1.82, 2.24) is 0 Å². The first-order chi connectivity index (χ1) is 10.0. The minimum absolute atomic E-state index is 0.0141. The van der Waals surface area contributed by atoms with Crippen molar-refractivity contribution < 1.29 is 0 Å². The first-order valence-electron chi connectivity index (χ1n) is 6.46. The summed E-state index contributed by atoms with van der Waals surface area (Å²) in [7, 11) is 0. The summed E-state index contributed by atoms with van der Waals surface area (Å²) < 4.78 is 0. The van der Waals surface area contributed by atoms with Gasteiger partial charge in [-0.3, -0.25) is 0 Å². The highest BCUT2D eigenvalue weighted by Crippen LogP contribution is 2.33. The molecule has 0 aliphatic rings. The highest BCUT2D eigenvalue weighted by molar-refractivity contribution is 6.35. The Labute approximate surface area is 139 Å². The zero-order valence-electron chi connectivity index (χ0n) is 11.3. The molecule has 0 bridgehead atoms. The van der Waals surface area contributed by atoms with Crippen LogP contribution in [0.3, 0.4) is 0 Å². The molecule has 0 aliphatic heterocycles. The minimum Gasteiger partial charge on any atom is -0.377 e. The molecule has 0 heterocycles. The van der Waals surface area contributed by atoms with Crippen molar-refractivity contribution in [1.29, 1.82) is 5.26 Å². The van der Waals surface area contributed by atoms with Crippen LogP contribution in [0.4, 0.5) is 5.69 Å². The van der Waals surface area contributed by atoms with E-state index >= 15 is 0 Å². The number of nitriles is 1. The topological polar surface area (TPSA) is 35.8 Å². The van der Waals surface area contributed by atoms with Gasteiger partial charge in [0.15, 0.2) is 0 Å². The van der Waals surface area contributed by atoms with Crippen LogP contribution < -0.4 is 5.32 Å². The zero-order valence-corrected chi connectivity index (χ0v) is 13.6. The van der Waals surface area contributed by atoms with Crippen molar-refractivity contribution in [3.8, 4) is 6.07 Å². The summed E-state index contributed by atoms with van der Waals surface area (Å²) in [4.78, 5) is 0. The van der Waals surface area contributed by atoms with Crippen molar-refractivity contribution in [3.05, 3.63) is 62.6 Å². The molecule has 2 aromatic rings. The highest BCUT2D eigenvalue weighted by Gasteiger charge is 2.14. The van der Waals surface area contributed by atoms with Crippen molar-refractivity contribution in [3.63, 3.8) is 0 Å². The Morgan fingerprint density at radius 2 is 1.86 bits per heavy atom. The van der Waals surface area contributed by atoms with Crippen LogP contribution in [0, 0.1) is 11.3 Å². The smallest absolute Gasteiger partial charge is 0.0992 e. The highest BCUT2D eigenvalue weighted by atomic mass is 35.5. The van der Waals surface area contributed by atoms with E-state index in [0.717, 1.165) is 17.7 Å². The zero-order chi connectivity index (χ0) is 15.4. The van der Waals surface area contributed by atoms with Crippen molar-refractivity contribution in [2.45, 2.75) is 19.4 Å². The summed E-state index contributed by atoms with van der Waals surface area (Å²) in [6.45, 7) is 2.06. The number of anilines is 1. The van der Waals surface area contributed by atoms with Crippen LogP contribution in [-0.4, -0.2) is 0 Å². The fourth-order valence-corrected chi connectivity index (χ4v) is 2.85. The molecule has 108 valence electrons. The van der Waals surface area contributed by atoms with E-state index in [1.165, 1.54) is 0 Å². The molecule has 2 nitrogen and oxygen atoms in total. The second kappa shape index (κ2) is 7.04. The van der Waals surface area contributed by atoms with Crippen molar-refractivity contribution >= 4 is 40.5 Å². The number of rotatable bonds is 4. The molecule has 1 N–H and O–H groups in total. The number of benzene rings is 2. The van der Waals surface area contributed by atoms with Crippen molar-refractivity contribution in [2.75, 3.05) is 5.32 Å². The third kappa shape index (κ3) is 3.83. The molecule has 21 heavy (non-hydrogen) atoms. The maximum absolute atomic E-state index is 8.86. The van der Waals surface area contributed by atoms with Gasteiger partial charge in [-0.05, 0) is 42.3 Å². The lowest BCUT2D eigenvalue weighted by atomic mass is 10.0. The van der Waals surface area contributed by atoms with Crippen LogP contribution >= 0.6 is 34.8 Å². The number of hydrogen-bond acceptors (Lipinski definition) is 2. The predicted octanol–water partition coefficient (Wildman–Crippen LogP) is 6.08. The molecule has 0 fully saturated rings. The standard InChI is InChI=1S/C16H13Cl3N2/c1-2-15(12-5-4-11(17)8-13(12)18)21-16-6-3-10(9-20)7-14(16)19/h3-8,15,21H,2H2,1H3.